The lowest BCUT2D eigenvalue weighted by Gasteiger charge is -2.21. The van der Waals surface area contributed by atoms with Crippen LogP contribution in [0, 0.1) is 0 Å². The molecule has 1 heterocycles. The van der Waals surface area contributed by atoms with E-state index in [4.69, 9.17) is 4.74 Å². The van der Waals surface area contributed by atoms with Gasteiger partial charge in [0.05, 0.1) is 23.7 Å². The molecule has 2 aromatic carbocycles. The van der Waals surface area contributed by atoms with Gasteiger partial charge in [0.1, 0.15) is 11.8 Å². The molecule has 0 bridgehead atoms. The van der Waals surface area contributed by atoms with Gasteiger partial charge in [-0.3, -0.25) is 14.2 Å². The van der Waals surface area contributed by atoms with Crippen LogP contribution in [-0.4, -0.2) is 28.7 Å². The van der Waals surface area contributed by atoms with Gasteiger partial charge in [-0.05, 0) is 37.1 Å². The molecule has 1 atom stereocenters. The third-order valence-corrected chi connectivity index (χ3v) is 4.86. The molecule has 1 aromatic heterocycles. The van der Waals surface area contributed by atoms with E-state index in [0.29, 0.717) is 35.3 Å². The Hall–Kier alpha value is -3.35. The number of nitrogens with one attached hydrogen (secondary N) is 1. The summed E-state index contributed by atoms with van der Waals surface area (Å²) in [6.45, 7) is 4.34. The maximum atomic E-state index is 13.5. The minimum absolute atomic E-state index is 0.238. The summed E-state index contributed by atoms with van der Waals surface area (Å²) in [6, 6.07) is 12.9. The molecule has 7 heteroatoms. The number of hydrogen-bond donors (Lipinski definition) is 1. The predicted octanol–water partition coefficient (Wildman–Crippen LogP) is 2.64. The number of benzene rings is 2. The second kappa shape index (κ2) is 8.77. The highest BCUT2D eigenvalue weighted by molar-refractivity contribution is 5.84. The average molecular weight is 395 g/mol. The predicted molar refractivity (Wildman–Crippen MR) is 113 cm³/mol. The Morgan fingerprint density at radius 2 is 1.86 bits per heavy atom. The number of carbonyl (C=O) groups excluding carboxylic acids is 1. The van der Waals surface area contributed by atoms with Crippen LogP contribution in [0.1, 0.15) is 32.7 Å². The first-order valence-corrected chi connectivity index (χ1v) is 9.71. The molecule has 0 aliphatic heterocycles. The quantitative estimate of drug-likeness (QED) is 0.667. The van der Waals surface area contributed by atoms with Crippen LogP contribution in [0.2, 0.25) is 0 Å². The Morgan fingerprint density at radius 1 is 1.10 bits per heavy atom. The molecule has 7 nitrogen and oxygen atoms in total. The van der Waals surface area contributed by atoms with Crippen molar-refractivity contribution in [3.05, 3.63) is 69.4 Å². The minimum atomic E-state index is -0.726. The number of fused-ring (bicyclic) bond motifs is 1. The maximum absolute atomic E-state index is 13.5. The van der Waals surface area contributed by atoms with Gasteiger partial charge in [0.25, 0.3) is 5.56 Å². The van der Waals surface area contributed by atoms with E-state index in [9.17, 15) is 14.4 Å². The molecule has 0 fully saturated rings. The fourth-order valence-electron chi connectivity index (χ4n) is 3.41. The molecule has 0 spiro atoms. The molecule has 0 aliphatic rings. The number of aromatic nitrogens is 2. The lowest BCUT2D eigenvalue weighted by Crippen LogP contribution is -2.44. The van der Waals surface area contributed by atoms with Crippen LogP contribution < -0.4 is 21.3 Å². The van der Waals surface area contributed by atoms with Crippen molar-refractivity contribution in [3.63, 3.8) is 0 Å². The summed E-state index contributed by atoms with van der Waals surface area (Å²) in [7, 11) is 1.52. The smallest absolute Gasteiger partial charge is 0.336 e. The zero-order valence-corrected chi connectivity index (χ0v) is 16.8. The molecule has 3 rings (SSSR count). The molecule has 0 radical (unpaired) electrons. The average Bonchev–Trinajstić information content (AvgIpc) is 2.75. The van der Waals surface area contributed by atoms with Gasteiger partial charge in [-0.1, -0.05) is 32.0 Å². The molecule has 29 heavy (non-hydrogen) atoms. The van der Waals surface area contributed by atoms with Gasteiger partial charge in [-0.25, -0.2) is 9.36 Å². The molecule has 0 aliphatic carbocycles. The van der Waals surface area contributed by atoms with Gasteiger partial charge in [-0.15, -0.1) is 0 Å². The number of para-hydroxylation sites is 1. The van der Waals surface area contributed by atoms with E-state index in [1.165, 1.54) is 11.7 Å². The molecule has 0 saturated heterocycles. The first-order valence-electron chi connectivity index (χ1n) is 9.71. The highest BCUT2D eigenvalue weighted by atomic mass is 16.5. The van der Waals surface area contributed by atoms with Gasteiger partial charge in [0.2, 0.25) is 5.91 Å². The Kier molecular flexibility index (Phi) is 6.16. The fraction of sp³-hybridized carbons (Fsp3) is 0.318. The van der Waals surface area contributed by atoms with E-state index in [-0.39, 0.29) is 5.91 Å². The van der Waals surface area contributed by atoms with Crippen molar-refractivity contribution in [2.75, 3.05) is 13.7 Å². The van der Waals surface area contributed by atoms with E-state index in [1.54, 1.807) is 48.5 Å². The van der Waals surface area contributed by atoms with Crippen LogP contribution in [0.5, 0.6) is 5.75 Å². The minimum Gasteiger partial charge on any atom is -0.497 e. The van der Waals surface area contributed by atoms with E-state index in [0.717, 1.165) is 11.0 Å². The van der Waals surface area contributed by atoms with E-state index in [2.05, 4.69) is 5.32 Å². The Morgan fingerprint density at radius 3 is 2.55 bits per heavy atom. The molecule has 1 N–H and O–H groups in total. The lowest BCUT2D eigenvalue weighted by atomic mass is 10.1. The zero-order chi connectivity index (χ0) is 21.0. The third-order valence-electron chi connectivity index (χ3n) is 4.86. The summed E-state index contributed by atoms with van der Waals surface area (Å²) in [5, 5.41) is 3.23. The Bertz CT molecular complexity index is 1150. The molecule has 1 amide bonds. The second-order valence-electron chi connectivity index (χ2n) is 6.73. The van der Waals surface area contributed by atoms with Crippen molar-refractivity contribution >= 4 is 16.8 Å². The molecular formula is C22H25N3O4. The lowest BCUT2D eigenvalue weighted by molar-refractivity contribution is -0.124. The molecule has 152 valence electrons. The summed E-state index contributed by atoms with van der Waals surface area (Å²) < 4.78 is 7.75. The van der Waals surface area contributed by atoms with Crippen LogP contribution in [0.25, 0.3) is 16.6 Å². The summed E-state index contributed by atoms with van der Waals surface area (Å²) in [6.07, 6.45) is 1.21. The number of rotatable bonds is 7. The number of nitrogens with zero attached hydrogens (tertiary/aromatic N) is 2. The molecule has 3 aromatic rings. The molecule has 0 saturated carbocycles. The zero-order valence-electron chi connectivity index (χ0n) is 16.8. The summed E-state index contributed by atoms with van der Waals surface area (Å²) in [5.41, 5.74) is -0.151. The monoisotopic (exact) mass is 395 g/mol. The highest BCUT2D eigenvalue weighted by Crippen LogP contribution is 2.19. The van der Waals surface area contributed by atoms with Crippen molar-refractivity contribution in [1.82, 2.24) is 14.5 Å². The normalized spacial score (nSPS) is 12.0. The van der Waals surface area contributed by atoms with Gasteiger partial charge < -0.3 is 10.1 Å². The largest absolute Gasteiger partial charge is 0.497 e. The van der Waals surface area contributed by atoms with Gasteiger partial charge >= 0.3 is 5.69 Å². The van der Waals surface area contributed by atoms with Gasteiger partial charge in [-0.2, -0.15) is 0 Å². The fourth-order valence-corrected chi connectivity index (χ4v) is 3.41. The maximum Gasteiger partial charge on any atom is 0.336 e. The van der Waals surface area contributed by atoms with Crippen molar-refractivity contribution in [1.29, 1.82) is 0 Å². The van der Waals surface area contributed by atoms with Crippen LogP contribution in [0.3, 0.4) is 0 Å². The highest BCUT2D eigenvalue weighted by Gasteiger charge is 2.24. The van der Waals surface area contributed by atoms with Crippen LogP contribution >= 0.6 is 0 Å². The van der Waals surface area contributed by atoms with Crippen LogP contribution in [-0.2, 0) is 4.79 Å². The Balaban J connectivity index is 2.34. The summed E-state index contributed by atoms with van der Waals surface area (Å²) in [4.78, 5) is 39.4. The first-order chi connectivity index (χ1) is 14.0. The molecule has 1 unspecified atom stereocenters. The van der Waals surface area contributed by atoms with E-state index < -0.39 is 17.3 Å². The van der Waals surface area contributed by atoms with Crippen molar-refractivity contribution in [2.45, 2.75) is 32.7 Å². The van der Waals surface area contributed by atoms with Crippen molar-refractivity contribution in [3.8, 4) is 11.4 Å². The third kappa shape index (κ3) is 3.81. The first kappa shape index (κ1) is 20.4. The van der Waals surface area contributed by atoms with Crippen molar-refractivity contribution in [2.24, 2.45) is 0 Å². The van der Waals surface area contributed by atoms with Gasteiger partial charge in [0, 0.05) is 12.6 Å². The van der Waals surface area contributed by atoms with Crippen LogP contribution in [0.4, 0.5) is 0 Å². The van der Waals surface area contributed by atoms with Crippen LogP contribution in [0.15, 0.2) is 58.1 Å². The topological polar surface area (TPSA) is 82.3 Å². The number of hydrogen-bond acceptors (Lipinski definition) is 4. The van der Waals surface area contributed by atoms with E-state index >= 15 is 0 Å². The number of ether oxygens (including phenoxy) is 1. The number of methoxy groups -OCH3 is 1. The number of carbonyl (C=O) groups is 1. The Labute approximate surface area is 168 Å². The summed E-state index contributed by atoms with van der Waals surface area (Å²) >= 11 is 0. The SMILES string of the molecule is CCCNC(=O)C(CC)n1c(=O)n(-c2cccc(OC)c2)c(=O)c2ccccc21. The molecular weight excluding hydrogens is 370 g/mol. The second-order valence-corrected chi connectivity index (χ2v) is 6.73. The van der Waals surface area contributed by atoms with Crippen molar-refractivity contribution < 1.29 is 9.53 Å². The van der Waals surface area contributed by atoms with E-state index in [1.807, 2.05) is 13.8 Å². The van der Waals surface area contributed by atoms with Gasteiger partial charge in [0.15, 0.2) is 0 Å². The number of amides is 1. The summed E-state index contributed by atoms with van der Waals surface area (Å²) in [5.74, 6) is 0.290. The standard InChI is InChI=1S/C22H25N3O4/c1-4-13-23-20(26)18(5-2)25-19-12-7-6-11-17(19)21(27)24(22(25)28)15-9-8-10-16(14-15)29-3/h6-12,14,18H,4-5,13H2,1-3H3,(H,23,26).